The predicted molar refractivity (Wildman–Crippen MR) is 69.7 cm³/mol. The van der Waals surface area contributed by atoms with E-state index in [1.165, 1.54) is 12.1 Å². The minimum Gasteiger partial charge on any atom is -0.310 e. The van der Waals surface area contributed by atoms with E-state index < -0.39 is 11.6 Å². The monoisotopic (exact) mass is 265 g/mol. The molecule has 0 fully saturated rings. The highest BCUT2D eigenvalue weighted by Gasteiger charge is 2.08. The lowest BCUT2D eigenvalue weighted by molar-refractivity contribution is 0.547. The Morgan fingerprint density at radius 2 is 1.95 bits per heavy atom. The third-order valence-electron chi connectivity index (χ3n) is 3.01. The molecule has 0 spiro atoms. The van der Waals surface area contributed by atoms with Crippen molar-refractivity contribution in [3.8, 4) is 0 Å². The van der Waals surface area contributed by atoms with Gasteiger partial charge in [-0.05, 0) is 43.1 Å². The summed E-state index contributed by atoms with van der Waals surface area (Å²) in [5.41, 5.74) is 1.75. The van der Waals surface area contributed by atoms with Crippen molar-refractivity contribution in [2.45, 2.75) is 19.4 Å². The first-order valence-electron chi connectivity index (χ1n) is 6.21. The zero-order valence-corrected chi connectivity index (χ0v) is 11.0. The Morgan fingerprint density at radius 1 is 1.26 bits per heavy atom. The fourth-order valence-electron chi connectivity index (χ4n) is 1.98. The van der Waals surface area contributed by atoms with Crippen molar-refractivity contribution in [2.75, 3.05) is 6.54 Å². The zero-order chi connectivity index (χ0) is 13.8. The van der Waals surface area contributed by atoms with E-state index in [4.69, 9.17) is 0 Å². The average molecular weight is 265 g/mol. The van der Waals surface area contributed by atoms with E-state index in [0.717, 1.165) is 24.6 Å². The fourth-order valence-corrected chi connectivity index (χ4v) is 1.98. The van der Waals surface area contributed by atoms with Gasteiger partial charge in [-0.15, -0.1) is 0 Å². The number of aromatic nitrogens is 2. The van der Waals surface area contributed by atoms with Crippen LogP contribution in [-0.4, -0.2) is 16.3 Å². The maximum Gasteiger partial charge on any atom is 0.126 e. The van der Waals surface area contributed by atoms with Crippen LogP contribution in [0.5, 0.6) is 0 Å². The molecule has 1 atom stereocenters. The van der Waals surface area contributed by atoms with Crippen LogP contribution in [-0.2, 0) is 13.5 Å². The predicted octanol–water partition coefficient (Wildman–Crippen LogP) is 2.59. The summed E-state index contributed by atoms with van der Waals surface area (Å²) in [5.74, 6) is -1.09. The third kappa shape index (κ3) is 3.86. The van der Waals surface area contributed by atoms with Gasteiger partial charge in [-0.2, -0.15) is 5.10 Å². The van der Waals surface area contributed by atoms with E-state index in [9.17, 15) is 8.78 Å². The van der Waals surface area contributed by atoms with E-state index in [2.05, 4.69) is 10.4 Å². The average Bonchev–Trinajstić information content (AvgIpc) is 2.73. The van der Waals surface area contributed by atoms with Crippen LogP contribution in [0.2, 0.25) is 0 Å². The first-order chi connectivity index (χ1) is 9.04. The van der Waals surface area contributed by atoms with Gasteiger partial charge in [0.15, 0.2) is 0 Å². The van der Waals surface area contributed by atoms with Crippen molar-refractivity contribution >= 4 is 0 Å². The van der Waals surface area contributed by atoms with Crippen LogP contribution in [0.3, 0.4) is 0 Å². The van der Waals surface area contributed by atoms with E-state index in [1.807, 2.05) is 26.4 Å². The fraction of sp³-hybridized carbons (Fsp3) is 0.357. The summed E-state index contributed by atoms with van der Waals surface area (Å²) >= 11 is 0. The molecule has 2 rings (SSSR count). The molecule has 1 N–H and O–H groups in total. The van der Waals surface area contributed by atoms with Crippen molar-refractivity contribution in [2.24, 2.45) is 7.05 Å². The van der Waals surface area contributed by atoms with Gasteiger partial charge in [0.25, 0.3) is 0 Å². The van der Waals surface area contributed by atoms with E-state index >= 15 is 0 Å². The second kappa shape index (κ2) is 5.93. The molecular weight excluding hydrogens is 248 g/mol. The molecular formula is C14H17F2N3. The minimum absolute atomic E-state index is 0.0955. The molecule has 1 aromatic carbocycles. The van der Waals surface area contributed by atoms with Crippen LogP contribution in [0.25, 0.3) is 0 Å². The topological polar surface area (TPSA) is 29.9 Å². The van der Waals surface area contributed by atoms with Crippen molar-refractivity contribution in [1.29, 1.82) is 0 Å². The minimum atomic E-state index is -0.545. The molecule has 0 saturated heterocycles. The van der Waals surface area contributed by atoms with Gasteiger partial charge < -0.3 is 5.32 Å². The van der Waals surface area contributed by atoms with Crippen LogP contribution < -0.4 is 5.32 Å². The molecule has 0 aliphatic carbocycles. The quantitative estimate of drug-likeness (QED) is 0.900. The second-order valence-corrected chi connectivity index (χ2v) is 4.65. The standard InChI is InChI=1S/C14H17F2N3/c1-10(12-5-13(15)7-14(16)6-12)17-4-3-11-8-18-19(2)9-11/h5-10,17H,3-4H2,1-2H3. The first-order valence-corrected chi connectivity index (χ1v) is 6.21. The molecule has 0 bridgehead atoms. The van der Waals surface area contributed by atoms with Gasteiger partial charge in [0.2, 0.25) is 0 Å². The highest BCUT2D eigenvalue weighted by molar-refractivity contribution is 5.21. The molecule has 19 heavy (non-hydrogen) atoms. The molecule has 0 aliphatic heterocycles. The molecule has 102 valence electrons. The molecule has 5 heteroatoms. The number of rotatable bonds is 5. The lowest BCUT2D eigenvalue weighted by Crippen LogP contribution is -2.21. The van der Waals surface area contributed by atoms with Gasteiger partial charge in [0, 0.05) is 25.4 Å². The Labute approximate surface area is 111 Å². The molecule has 0 radical (unpaired) electrons. The molecule has 0 aliphatic rings. The normalized spacial score (nSPS) is 12.6. The number of aryl methyl sites for hydroxylation is 1. The summed E-state index contributed by atoms with van der Waals surface area (Å²) in [7, 11) is 1.87. The van der Waals surface area contributed by atoms with Crippen LogP contribution in [0, 0.1) is 11.6 Å². The molecule has 1 aromatic heterocycles. The molecule has 1 heterocycles. The number of hydrogen-bond acceptors (Lipinski definition) is 2. The number of nitrogens with zero attached hydrogens (tertiary/aromatic N) is 2. The maximum atomic E-state index is 13.1. The van der Waals surface area contributed by atoms with Crippen LogP contribution in [0.4, 0.5) is 8.78 Å². The maximum absolute atomic E-state index is 13.1. The summed E-state index contributed by atoms with van der Waals surface area (Å²) < 4.78 is 27.9. The largest absolute Gasteiger partial charge is 0.310 e. The Balaban J connectivity index is 1.88. The summed E-state index contributed by atoms with van der Waals surface area (Å²) in [4.78, 5) is 0. The van der Waals surface area contributed by atoms with Gasteiger partial charge in [-0.1, -0.05) is 0 Å². The SMILES string of the molecule is CC(NCCc1cnn(C)c1)c1cc(F)cc(F)c1. The van der Waals surface area contributed by atoms with E-state index in [0.29, 0.717) is 5.56 Å². The smallest absolute Gasteiger partial charge is 0.126 e. The number of benzene rings is 1. The van der Waals surface area contributed by atoms with Crippen LogP contribution in [0.15, 0.2) is 30.6 Å². The number of hydrogen-bond donors (Lipinski definition) is 1. The molecule has 0 saturated carbocycles. The number of nitrogens with one attached hydrogen (secondary N) is 1. The summed E-state index contributed by atoms with van der Waals surface area (Å²) in [6.07, 6.45) is 4.60. The number of halogens is 2. The van der Waals surface area contributed by atoms with Gasteiger partial charge >= 0.3 is 0 Å². The van der Waals surface area contributed by atoms with Crippen LogP contribution in [0.1, 0.15) is 24.1 Å². The highest BCUT2D eigenvalue weighted by atomic mass is 19.1. The molecule has 2 aromatic rings. The molecule has 0 amide bonds. The van der Waals surface area contributed by atoms with Gasteiger partial charge in [-0.3, -0.25) is 4.68 Å². The van der Waals surface area contributed by atoms with Gasteiger partial charge in [0.1, 0.15) is 11.6 Å². The lowest BCUT2D eigenvalue weighted by atomic mass is 10.1. The van der Waals surface area contributed by atoms with Gasteiger partial charge in [0.05, 0.1) is 6.20 Å². The first kappa shape index (κ1) is 13.7. The Hall–Kier alpha value is -1.75. The van der Waals surface area contributed by atoms with Crippen molar-refractivity contribution in [3.05, 3.63) is 53.4 Å². The van der Waals surface area contributed by atoms with E-state index in [1.54, 1.807) is 4.68 Å². The van der Waals surface area contributed by atoms with Gasteiger partial charge in [-0.25, -0.2) is 8.78 Å². The summed E-state index contributed by atoms with van der Waals surface area (Å²) in [6.45, 7) is 2.61. The molecule has 1 unspecified atom stereocenters. The third-order valence-corrected chi connectivity index (χ3v) is 3.01. The van der Waals surface area contributed by atoms with Crippen LogP contribution >= 0.6 is 0 Å². The van der Waals surface area contributed by atoms with Crippen molar-refractivity contribution in [1.82, 2.24) is 15.1 Å². The second-order valence-electron chi connectivity index (χ2n) is 4.65. The van der Waals surface area contributed by atoms with Crippen molar-refractivity contribution in [3.63, 3.8) is 0 Å². The van der Waals surface area contributed by atoms with E-state index in [-0.39, 0.29) is 6.04 Å². The molecule has 3 nitrogen and oxygen atoms in total. The highest BCUT2D eigenvalue weighted by Crippen LogP contribution is 2.15. The lowest BCUT2D eigenvalue weighted by Gasteiger charge is -2.14. The summed E-state index contributed by atoms with van der Waals surface area (Å²) in [5, 5.41) is 7.33. The Morgan fingerprint density at radius 3 is 2.53 bits per heavy atom. The van der Waals surface area contributed by atoms with Crippen molar-refractivity contribution < 1.29 is 8.78 Å². The zero-order valence-electron chi connectivity index (χ0n) is 11.0. The Kier molecular flexibility index (Phi) is 4.27. The summed E-state index contributed by atoms with van der Waals surface area (Å²) in [6, 6.07) is 3.49. The Bertz CT molecular complexity index is 531.